The van der Waals surface area contributed by atoms with Crippen molar-refractivity contribution < 1.29 is 14.3 Å². The van der Waals surface area contributed by atoms with Crippen molar-refractivity contribution in [3.05, 3.63) is 24.0 Å². The quantitative estimate of drug-likeness (QED) is 0.590. The summed E-state index contributed by atoms with van der Waals surface area (Å²) in [5.41, 5.74) is 0.376. The van der Waals surface area contributed by atoms with Crippen molar-refractivity contribution in [3.8, 4) is 5.75 Å². The fourth-order valence-corrected chi connectivity index (χ4v) is 1.52. The highest BCUT2D eigenvalue weighted by atomic mass is 19.1. The number of halogens is 1. The second kappa shape index (κ2) is 6.89. The van der Waals surface area contributed by atoms with Crippen LogP contribution in [0.25, 0.3) is 0 Å². The molecule has 0 bridgehead atoms. The van der Waals surface area contributed by atoms with Crippen molar-refractivity contribution >= 4 is 11.6 Å². The molecule has 0 aliphatic heterocycles. The highest BCUT2D eigenvalue weighted by Gasteiger charge is 2.05. The van der Waals surface area contributed by atoms with Crippen LogP contribution in [-0.4, -0.2) is 11.0 Å². The van der Waals surface area contributed by atoms with E-state index in [0.29, 0.717) is 12.1 Å². The lowest BCUT2D eigenvalue weighted by Gasteiger charge is -2.05. The average molecular weight is 239 g/mol. The summed E-state index contributed by atoms with van der Waals surface area (Å²) < 4.78 is 13.0. The van der Waals surface area contributed by atoms with E-state index in [2.05, 4.69) is 12.2 Å². The monoisotopic (exact) mass is 239 g/mol. The number of hydrogen-bond acceptors (Lipinski definition) is 2. The average Bonchev–Trinajstić information content (AvgIpc) is 2.30. The van der Waals surface area contributed by atoms with Crippen molar-refractivity contribution in [2.75, 3.05) is 5.32 Å². The van der Waals surface area contributed by atoms with Crippen LogP contribution in [0.1, 0.15) is 39.0 Å². The van der Waals surface area contributed by atoms with Crippen LogP contribution in [-0.2, 0) is 4.79 Å². The number of nitrogens with one attached hydrogen (secondary N) is 1. The van der Waals surface area contributed by atoms with Gasteiger partial charge in [0.1, 0.15) is 0 Å². The van der Waals surface area contributed by atoms with Crippen LogP contribution in [0.5, 0.6) is 5.75 Å². The number of phenols is 1. The zero-order valence-corrected chi connectivity index (χ0v) is 10.0. The molecule has 0 unspecified atom stereocenters. The Labute approximate surface area is 101 Å². The maximum absolute atomic E-state index is 13.0. The Morgan fingerprint density at radius 1 is 1.35 bits per heavy atom. The van der Waals surface area contributed by atoms with Crippen molar-refractivity contribution in [1.29, 1.82) is 0 Å². The van der Waals surface area contributed by atoms with Gasteiger partial charge in [-0.15, -0.1) is 0 Å². The molecule has 0 atom stereocenters. The summed E-state index contributed by atoms with van der Waals surface area (Å²) in [4.78, 5) is 11.5. The molecular weight excluding hydrogens is 221 g/mol. The van der Waals surface area contributed by atoms with E-state index in [0.717, 1.165) is 31.7 Å². The van der Waals surface area contributed by atoms with Crippen molar-refractivity contribution in [3.63, 3.8) is 0 Å². The lowest BCUT2D eigenvalue weighted by Crippen LogP contribution is -2.11. The Morgan fingerprint density at radius 3 is 2.76 bits per heavy atom. The lowest BCUT2D eigenvalue weighted by molar-refractivity contribution is -0.116. The lowest BCUT2D eigenvalue weighted by atomic mass is 10.1. The Morgan fingerprint density at radius 2 is 2.12 bits per heavy atom. The minimum atomic E-state index is -0.728. The topological polar surface area (TPSA) is 49.3 Å². The minimum absolute atomic E-state index is 0.119. The fourth-order valence-electron chi connectivity index (χ4n) is 1.52. The van der Waals surface area contributed by atoms with E-state index in [9.17, 15) is 9.18 Å². The van der Waals surface area contributed by atoms with Crippen molar-refractivity contribution in [2.45, 2.75) is 39.0 Å². The van der Waals surface area contributed by atoms with E-state index in [-0.39, 0.29) is 5.91 Å². The summed E-state index contributed by atoms with van der Waals surface area (Å²) in [6.45, 7) is 2.11. The second-order valence-electron chi connectivity index (χ2n) is 4.03. The van der Waals surface area contributed by atoms with Crippen molar-refractivity contribution in [2.24, 2.45) is 0 Å². The van der Waals surface area contributed by atoms with E-state index in [1.165, 1.54) is 12.1 Å². The van der Waals surface area contributed by atoms with Gasteiger partial charge in [-0.2, -0.15) is 0 Å². The van der Waals surface area contributed by atoms with Crippen LogP contribution in [0.2, 0.25) is 0 Å². The molecule has 1 rings (SSSR count). The molecule has 0 heterocycles. The van der Waals surface area contributed by atoms with Gasteiger partial charge in [-0.3, -0.25) is 4.79 Å². The Kier molecular flexibility index (Phi) is 5.46. The molecule has 4 heteroatoms. The van der Waals surface area contributed by atoms with E-state index >= 15 is 0 Å². The van der Waals surface area contributed by atoms with Crippen LogP contribution in [0.3, 0.4) is 0 Å². The van der Waals surface area contributed by atoms with Gasteiger partial charge in [0.05, 0.1) is 0 Å². The van der Waals surface area contributed by atoms with Crippen LogP contribution < -0.4 is 5.32 Å². The van der Waals surface area contributed by atoms with Crippen LogP contribution in [0.4, 0.5) is 10.1 Å². The zero-order valence-electron chi connectivity index (χ0n) is 10.0. The first-order valence-electron chi connectivity index (χ1n) is 5.92. The van der Waals surface area contributed by atoms with Gasteiger partial charge in [-0.25, -0.2) is 4.39 Å². The number of amides is 1. The van der Waals surface area contributed by atoms with Crippen LogP contribution in [0, 0.1) is 5.82 Å². The second-order valence-corrected chi connectivity index (χ2v) is 4.03. The molecule has 0 aliphatic carbocycles. The molecule has 0 radical (unpaired) electrons. The standard InChI is InChI=1S/C13H18FNO2/c1-2-3-4-5-6-13(17)15-10-7-8-12(16)11(14)9-10/h7-9,16H,2-6H2,1H3,(H,15,17). The number of carbonyl (C=O) groups excluding carboxylic acids is 1. The van der Waals surface area contributed by atoms with E-state index in [1.807, 2.05) is 0 Å². The van der Waals surface area contributed by atoms with Crippen LogP contribution >= 0.6 is 0 Å². The van der Waals surface area contributed by atoms with Gasteiger partial charge in [0.2, 0.25) is 5.91 Å². The summed E-state index contributed by atoms with van der Waals surface area (Å²) in [7, 11) is 0. The predicted molar refractivity (Wildman–Crippen MR) is 65.5 cm³/mol. The summed E-state index contributed by atoms with van der Waals surface area (Å²) in [6, 6.07) is 3.81. The molecule has 94 valence electrons. The number of benzene rings is 1. The minimum Gasteiger partial charge on any atom is -0.505 e. The number of rotatable bonds is 6. The molecule has 3 nitrogen and oxygen atoms in total. The summed E-state index contributed by atoms with van der Waals surface area (Å²) in [5.74, 6) is -1.26. The number of hydrogen-bond donors (Lipinski definition) is 2. The first kappa shape index (κ1) is 13.5. The van der Waals surface area contributed by atoms with E-state index in [4.69, 9.17) is 5.11 Å². The highest BCUT2D eigenvalue weighted by Crippen LogP contribution is 2.19. The Hall–Kier alpha value is -1.58. The molecule has 0 spiro atoms. The fraction of sp³-hybridized carbons (Fsp3) is 0.462. The summed E-state index contributed by atoms with van der Waals surface area (Å²) in [6.07, 6.45) is 4.59. The van der Waals surface area contributed by atoms with Crippen LogP contribution in [0.15, 0.2) is 18.2 Å². The summed E-state index contributed by atoms with van der Waals surface area (Å²) >= 11 is 0. The maximum Gasteiger partial charge on any atom is 0.224 e. The Balaban J connectivity index is 2.37. The third kappa shape index (κ3) is 4.85. The van der Waals surface area contributed by atoms with Gasteiger partial charge in [-0.05, 0) is 18.6 Å². The maximum atomic E-state index is 13.0. The normalized spacial score (nSPS) is 10.2. The SMILES string of the molecule is CCCCCCC(=O)Nc1ccc(O)c(F)c1. The van der Waals surface area contributed by atoms with E-state index < -0.39 is 11.6 Å². The van der Waals surface area contributed by atoms with Gasteiger partial charge in [0, 0.05) is 18.2 Å². The summed E-state index contributed by atoms with van der Waals surface area (Å²) in [5, 5.41) is 11.6. The van der Waals surface area contributed by atoms with Gasteiger partial charge in [-0.1, -0.05) is 26.2 Å². The molecule has 1 aromatic rings. The number of phenolic OH excluding ortho intramolecular Hbond substituents is 1. The van der Waals surface area contributed by atoms with Gasteiger partial charge in [0.15, 0.2) is 11.6 Å². The number of unbranched alkanes of at least 4 members (excludes halogenated alkanes) is 3. The predicted octanol–water partition coefficient (Wildman–Crippen LogP) is 3.44. The molecule has 0 saturated heterocycles. The molecular formula is C13H18FNO2. The third-order valence-electron chi connectivity index (χ3n) is 2.49. The molecule has 17 heavy (non-hydrogen) atoms. The molecule has 0 fully saturated rings. The van der Waals surface area contributed by atoms with E-state index in [1.54, 1.807) is 0 Å². The smallest absolute Gasteiger partial charge is 0.224 e. The zero-order chi connectivity index (χ0) is 12.7. The largest absolute Gasteiger partial charge is 0.505 e. The molecule has 1 aromatic carbocycles. The number of carbonyl (C=O) groups is 1. The van der Waals surface area contributed by atoms with Crippen molar-refractivity contribution in [1.82, 2.24) is 0 Å². The Bertz CT molecular complexity index is 380. The highest BCUT2D eigenvalue weighted by molar-refractivity contribution is 5.90. The van der Waals surface area contributed by atoms with Gasteiger partial charge < -0.3 is 10.4 Å². The third-order valence-corrected chi connectivity index (χ3v) is 2.49. The molecule has 0 aromatic heterocycles. The van der Waals surface area contributed by atoms with Gasteiger partial charge >= 0.3 is 0 Å². The molecule has 0 aliphatic rings. The van der Waals surface area contributed by atoms with Gasteiger partial charge in [0.25, 0.3) is 0 Å². The molecule has 0 saturated carbocycles. The number of aromatic hydroxyl groups is 1. The molecule has 1 amide bonds. The number of anilines is 1. The first-order chi connectivity index (χ1) is 8.13. The first-order valence-corrected chi connectivity index (χ1v) is 5.92. The molecule has 2 N–H and O–H groups in total.